The van der Waals surface area contributed by atoms with Gasteiger partial charge in [0.05, 0.1) is 19.9 Å². The van der Waals surface area contributed by atoms with Gasteiger partial charge < -0.3 is 25.0 Å². The Bertz CT molecular complexity index is 1470. The Labute approximate surface area is 231 Å². The Hall–Kier alpha value is -3.49. The number of hydrogen-bond donors (Lipinski definition) is 2. The van der Waals surface area contributed by atoms with Gasteiger partial charge in [0.25, 0.3) is 10.0 Å². The van der Waals surface area contributed by atoms with Gasteiger partial charge >= 0.3 is 5.97 Å². The number of likely N-dealkylation sites (tertiary alicyclic amines) is 1. The van der Waals surface area contributed by atoms with Gasteiger partial charge in [0.15, 0.2) is 9.34 Å². The molecule has 39 heavy (non-hydrogen) atoms. The number of nitrogen functional groups attached to an aromatic ring is 1. The van der Waals surface area contributed by atoms with Crippen molar-refractivity contribution in [3.05, 3.63) is 36.2 Å². The van der Waals surface area contributed by atoms with E-state index in [2.05, 4.69) is 14.7 Å². The third kappa shape index (κ3) is 6.07. The molecule has 0 aliphatic carbocycles. The van der Waals surface area contributed by atoms with Gasteiger partial charge in [-0.3, -0.25) is 4.79 Å². The molecule has 14 heteroatoms. The minimum Gasteiger partial charge on any atom is -0.496 e. The zero-order valence-electron chi connectivity index (χ0n) is 22.2. The zero-order valence-corrected chi connectivity index (χ0v) is 23.8. The van der Waals surface area contributed by atoms with E-state index < -0.39 is 34.0 Å². The van der Waals surface area contributed by atoms with Gasteiger partial charge in [-0.05, 0) is 42.0 Å². The van der Waals surface area contributed by atoms with E-state index in [0.29, 0.717) is 34.1 Å². The third-order valence-electron chi connectivity index (χ3n) is 6.36. The van der Waals surface area contributed by atoms with E-state index in [1.165, 1.54) is 18.2 Å². The molecule has 3 heterocycles. The first-order valence-electron chi connectivity index (χ1n) is 12.4. The molecule has 0 unspecified atom stereocenters. The number of aromatic nitrogens is 2. The minimum atomic E-state index is -3.99. The number of nitrogens with one attached hydrogen (secondary N) is 1. The maximum Gasteiger partial charge on any atom is 0.329 e. The summed E-state index contributed by atoms with van der Waals surface area (Å²) in [5.74, 6) is -0.230. The first-order valence-corrected chi connectivity index (χ1v) is 14.7. The molecule has 1 aliphatic rings. The Morgan fingerprint density at radius 2 is 2.10 bits per heavy atom. The zero-order chi connectivity index (χ0) is 28.3. The molecule has 0 spiro atoms. The largest absolute Gasteiger partial charge is 0.496 e. The summed E-state index contributed by atoms with van der Waals surface area (Å²) in [7, 11) is 1.03. The number of methoxy groups -OCH3 is 1. The first-order chi connectivity index (χ1) is 18.6. The van der Waals surface area contributed by atoms with E-state index in [9.17, 15) is 18.0 Å². The summed E-state index contributed by atoms with van der Waals surface area (Å²) in [4.78, 5) is 38.0. The summed E-state index contributed by atoms with van der Waals surface area (Å²) in [5.41, 5.74) is 6.69. The molecule has 0 bridgehead atoms. The summed E-state index contributed by atoms with van der Waals surface area (Å²) < 4.78 is 39.5. The van der Waals surface area contributed by atoms with Crippen LogP contribution in [0.1, 0.15) is 25.3 Å². The topological polar surface area (TPSA) is 157 Å². The van der Waals surface area contributed by atoms with Gasteiger partial charge in [0, 0.05) is 38.6 Å². The molecule has 0 radical (unpaired) electrons. The molecule has 1 fully saturated rings. The highest BCUT2D eigenvalue weighted by Gasteiger charge is 2.42. The Morgan fingerprint density at radius 1 is 1.33 bits per heavy atom. The first kappa shape index (κ1) is 28.5. The fourth-order valence-electron chi connectivity index (χ4n) is 4.40. The number of ether oxygens (including phenoxy) is 2. The number of benzene rings is 1. The number of carbonyl (C=O) groups excluding carboxylic acids is 2. The number of anilines is 2. The lowest BCUT2D eigenvalue weighted by Crippen LogP contribution is -2.48. The van der Waals surface area contributed by atoms with Crippen molar-refractivity contribution in [2.75, 3.05) is 45.0 Å². The summed E-state index contributed by atoms with van der Waals surface area (Å²) in [6, 6.07) is 3.39. The van der Waals surface area contributed by atoms with Crippen molar-refractivity contribution in [2.45, 2.75) is 42.5 Å². The van der Waals surface area contributed by atoms with Crippen LogP contribution < -0.4 is 20.1 Å². The third-order valence-corrected chi connectivity index (χ3v) is 9.46. The smallest absolute Gasteiger partial charge is 0.329 e. The normalized spacial score (nSPS) is 16.5. The van der Waals surface area contributed by atoms with Gasteiger partial charge in [-0.25, -0.2) is 23.2 Å². The van der Waals surface area contributed by atoms with E-state index >= 15 is 0 Å². The SMILES string of the molecule is CCCOC(=O)[C@@H](Cc1cc2ccnc(N)c2cc1OC)N1CC[C@H](NS(=O)(=O)c2cnc(N(C)C)s2)C1=O. The van der Waals surface area contributed by atoms with Crippen LogP contribution in [-0.4, -0.2) is 81.6 Å². The van der Waals surface area contributed by atoms with Crippen LogP contribution in [0.5, 0.6) is 5.75 Å². The Morgan fingerprint density at radius 3 is 2.77 bits per heavy atom. The van der Waals surface area contributed by atoms with Gasteiger partial charge in [-0.1, -0.05) is 18.3 Å². The molecule has 4 rings (SSSR count). The van der Waals surface area contributed by atoms with Crippen LogP contribution in [0.4, 0.5) is 10.9 Å². The van der Waals surface area contributed by atoms with E-state index in [1.807, 2.05) is 13.0 Å². The summed E-state index contributed by atoms with van der Waals surface area (Å²) in [6.07, 6.45) is 3.78. The number of hydrogen-bond acceptors (Lipinski definition) is 11. The number of fused-ring (bicyclic) bond motifs is 1. The van der Waals surface area contributed by atoms with E-state index in [-0.39, 0.29) is 30.2 Å². The molecule has 3 N–H and O–H groups in total. The van der Waals surface area contributed by atoms with Crippen molar-refractivity contribution in [3.8, 4) is 5.75 Å². The number of esters is 1. The van der Waals surface area contributed by atoms with Crippen LogP contribution in [0.25, 0.3) is 10.8 Å². The second kappa shape index (κ2) is 11.7. The molecule has 1 amide bonds. The molecule has 3 aromatic rings. The van der Waals surface area contributed by atoms with Crippen LogP contribution in [0.2, 0.25) is 0 Å². The molecule has 2 atom stereocenters. The highest BCUT2D eigenvalue weighted by molar-refractivity contribution is 7.91. The minimum absolute atomic E-state index is 0.00557. The Kier molecular flexibility index (Phi) is 8.57. The fourth-order valence-corrected chi connectivity index (χ4v) is 6.68. The average molecular weight is 577 g/mol. The number of sulfonamides is 1. The second-order valence-electron chi connectivity index (χ2n) is 9.32. The standard InChI is InChI=1S/C25H32N6O6S2/c1-5-10-37-24(33)19(12-16-11-15-6-8-27-22(26)17(15)13-20(16)36-4)31-9-7-18(23(31)32)29-39(34,35)21-14-28-25(38-21)30(2)3/h6,8,11,13-14,18-19,29H,5,7,9-10,12H2,1-4H3,(H2,26,27)/t18-,19+/m0/s1. The number of amides is 1. The Balaban J connectivity index is 1.60. The maximum atomic E-state index is 13.5. The molecule has 1 aliphatic heterocycles. The molecule has 2 aromatic heterocycles. The molecular weight excluding hydrogens is 544 g/mol. The molecular formula is C25H32N6O6S2. The van der Waals surface area contributed by atoms with Gasteiger partial charge in [-0.2, -0.15) is 4.72 Å². The lowest BCUT2D eigenvalue weighted by atomic mass is 10.00. The number of pyridine rings is 1. The van der Waals surface area contributed by atoms with Crippen molar-refractivity contribution in [3.63, 3.8) is 0 Å². The molecule has 1 aromatic carbocycles. The predicted molar refractivity (Wildman–Crippen MR) is 148 cm³/mol. The number of nitrogens with two attached hydrogens (primary N) is 1. The molecule has 12 nitrogen and oxygen atoms in total. The number of thiazole rings is 1. The van der Waals surface area contributed by atoms with Crippen LogP contribution in [0.15, 0.2) is 34.8 Å². The van der Waals surface area contributed by atoms with E-state index in [4.69, 9.17) is 15.2 Å². The van der Waals surface area contributed by atoms with Gasteiger partial charge in [0.1, 0.15) is 23.7 Å². The predicted octanol–water partition coefficient (Wildman–Crippen LogP) is 1.79. The molecule has 0 saturated carbocycles. The lowest BCUT2D eigenvalue weighted by molar-refractivity contribution is -0.154. The molecule has 1 saturated heterocycles. The van der Waals surface area contributed by atoms with E-state index in [1.54, 1.807) is 37.3 Å². The highest BCUT2D eigenvalue weighted by atomic mass is 32.2. The van der Waals surface area contributed by atoms with Crippen molar-refractivity contribution in [1.82, 2.24) is 19.6 Å². The van der Waals surface area contributed by atoms with Crippen LogP contribution in [0, 0.1) is 0 Å². The number of rotatable bonds is 11. The lowest BCUT2D eigenvalue weighted by Gasteiger charge is -2.27. The average Bonchev–Trinajstić information content (AvgIpc) is 3.54. The van der Waals surface area contributed by atoms with Gasteiger partial charge in [0.2, 0.25) is 5.91 Å². The van der Waals surface area contributed by atoms with Gasteiger partial charge in [-0.15, -0.1) is 0 Å². The number of nitrogens with zero attached hydrogens (tertiary/aromatic N) is 4. The fraction of sp³-hybridized carbons (Fsp3) is 0.440. The number of carbonyl (C=O) groups is 2. The van der Waals surface area contributed by atoms with Crippen molar-refractivity contribution in [1.29, 1.82) is 0 Å². The second-order valence-corrected chi connectivity index (χ2v) is 12.3. The van der Waals surface area contributed by atoms with Crippen LogP contribution in [0.3, 0.4) is 0 Å². The van der Waals surface area contributed by atoms with Crippen molar-refractivity contribution in [2.24, 2.45) is 0 Å². The molecule has 210 valence electrons. The highest BCUT2D eigenvalue weighted by Crippen LogP contribution is 2.31. The quantitative estimate of drug-likeness (QED) is 0.323. The van der Waals surface area contributed by atoms with Crippen LogP contribution >= 0.6 is 11.3 Å². The summed E-state index contributed by atoms with van der Waals surface area (Å²) in [6.45, 7) is 2.25. The summed E-state index contributed by atoms with van der Waals surface area (Å²) >= 11 is 0.999. The maximum absolute atomic E-state index is 13.5. The summed E-state index contributed by atoms with van der Waals surface area (Å²) in [5, 5.41) is 2.03. The monoisotopic (exact) mass is 576 g/mol. The van der Waals surface area contributed by atoms with Crippen molar-refractivity contribution >= 4 is 55.0 Å². The van der Waals surface area contributed by atoms with Crippen LogP contribution in [-0.2, 0) is 30.8 Å². The van der Waals surface area contributed by atoms with Crippen molar-refractivity contribution < 1.29 is 27.5 Å². The van der Waals surface area contributed by atoms with E-state index in [0.717, 1.165) is 16.7 Å².